The van der Waals surface area contributed by atoms with Crippen LogP contribution in [0.1, 0.15) is 85.8 Å². The van der Waals surface area contributed by atoms with Crippen LogP contribution in [0.4, 0.5) is 4.79 Å². The van der Waals surface area contributed by atoms with Gasteiger partial charge in [-0.05, 0) is 102 Å². The van der Waals surface area contributed by atoms with E-state index in [2.05, 4.69) is 47.0 Å². The number of hydrogen-bond acceptors (Lipinski definition) is 6. The number of carbonyl (C=O) groups excluding carboxylic acids is 6. The number of benzene rings is 1. The molecule has 6 amide bonds. The second-order valence-electron chi connectivity index (χ2n) is 16.7. The fourth-order valence-electron chi connectivity index (χ4n) is 7.55. The highest BCUT2D eigenvalue weighted by atomic mass is 16.2. The van der Waals surface area contributed by atoms with Gasteiger partial charge < -0.3 is 31.5 Å². The third kappa shape index (κ3) is 9.31. The Morgan fingerprint density at radius 1 is 0.940 bits per heavy atom. The van der Waals surface area contributed by atoms with Crippen molar-refractivity contribution in [2.45, 2.75) is 117 Å². The Bertz CT molecular complexity index is 1480. The van der Waals surface area contributed by atoms with Gasteiger partial charge in [-0.3, -0.25) is 24.0 Å². The van der Waals surface area contributed by atoms with E-state index >= 15 is 0 Å². The molecule has 1 saturated heterocycles. The highest BCUT2D eigenvalue weighted by molar-refractivity contribution is 6.38. The summed E-state index contributed by atoms with van der Waals surface area (Å²) < 4.78 is 0. The van der Waals surface area contributed by atoms with E-state index in [1.54, 1.807) is 11.0 Å². The monoisotopic (exact) mass is 692 g/mol. The summed E-state index contributed by atoms with van der Waals surface area (Å²) in [6.07, 6.45) is 3.31. The van der Waals surface area contributed by atoms with Gasteiger partial charge in [0.05, 0.1) is 6.04 Å². The molecule has 0 aromatic heterocycles. The van der Waals surface area contributed by atoms with Gasteiger partial charge in [-0.25, -0.2) is 4.79 Å². The van der Waals surface area contributed by atoms with Crippen LogP contribution in [0.3, 0.4) is 0 Å². The first-order valence-electron chi connectivity index (χ1n) is 17.7. The summed E-state index contributed by atoms with van der Waals surface area (Å²) in [6.45, 7) is 19.3. The number of fused-ring (bicyclic) bond motifs is 2. The van der Waals surface area contributed by atoms with Gasteiger partial charge >= 0.3 is 6.03 Å². The molecule has 2 fully saturated rings. The van der Waals surface area contributed by atoms with Crippen LogP contribution < -0.4 is 26.6 Å². The van der Waals surface area contributed by atoms with Gasteiger partial charge in [0.15, 0.2) is 0 Å². The Labute approximate surface area is 296 Å². The fourth-order valence-corrected chi connectivity index (χ4v) is 7.55. The normalized spacial score (nSPS) is 21.9. The van der Waals surface area contributed by atoms with Crippen LogP contribution in [-0.4, -0.2) is 82.6 Å². The molecule has 1 heterocycles. The van der Waals surface area contributed by atoms with Gasteiger partial charge in [0.2, 0.25) is 23.5 Å². The minimum Gasteiger partial charge on any atom is -0.351 e. The molecule has 0 spiro atoms. The van der Waals surface area contributed by atoms with E-state index in [-0.39, 0.29) is 54.4 Å². The quantitative estimate of drug-likeness (QED) is 0.158. The number of Topliss-reactive ketones (excluding diaryl/α,β-unsaturated/α-hetero) is 1. The lowest BCUT2D eigenvalue weighted by molar-refractivity contribution is -0.144. The molecular weight excluding hydrogens is 636 g/mol. The summed E-state index contributed by atoms with van der Waals surface area (Å²) in [5.74, 6) is -3.14. The molecule has 0 bridgehead atoms. The molecule has 5 atom stereocenters. The third-order valence-electron chi connectivity index (χ3n) is 10.0. The Hall–Kier alpha value is -4.22. The number of carbonyl (C=O) groups is 6. The third-order valence-corrected chi connectivity index (χ3v) is 10.0. The number of nitrogens with zero attached hydrogens (tertiary/aromatic N) is 1. The SMILES string of the molecule is C=CCCC(NC(=O)[C@@H]1[C@@H]2[C@H](CN1C(=O)[C@@H](NC(=O)NC(C)(C)C)C1Cc3ccccc3C1)C2(C)C)C(=O)C(=O)NCCC(=O)NC(C)(C)C. The molecule has 1 aromatic carbocycles. The zero-order valence-electron chi connectivity index (χ0n) is 30.9. The molecule has 12 heteroatoms. The van der Waals surface area contributed by atoms with E-state index < -0.39 is 52.8 Å². The van der Waals surface area contributed by atoms with Gasteiger partial charge in [-0.1, -0.05) is 44.2 Å². The lowest BCUT2D eigenvalue weighted by atomic mass is 9.93. The Morgan fingerprint density at radius 2 is 1.54 bits per heavy atom. The van der Waals surface area contributed by atoms with Crippen LogP contribution in [0.15, 0.2) is 36.9 Å². The van der Waals surface area contributed by atoms with Crippen molar-refractivity contribution >= 4 is 35.4 Å². The van der Waals surface area contributed by atoms with Crippen molar-refractivity contribution in [1.82, 2.24) is 31.5 Å². The van der Waals surface area contributed by atoms with Crippen LogP contribution in [0.2, 0.25) is 0 Å². The van der Waals surface area contributed by atoms with Crippen LogP contribution in [0, 0.1) is 23.2 Å². The topological polar surface area (TPSA) is 166 Å². The van der Waals surface area contributed by atoms with E-state index in [9.17, 15) is 28.8 Å². The number of likely N-dealkylation sites (tertiary alicyclic amines) is 1. The van der Waals surface area contributed by atoms with Gasteiger partial charge in [-0.15, -0.1) is 6.58 Å². The molecule has 12 nitrogen and oxygen atoms in total. The molecular formula is C38H56N6O6. The average molecular weight is 693 g/mol. The van der Waals surface area contributed by atoms with Crippen molar-refractivity contribution in [2.75, 3.05) is 13.1 Å². The zero-order valence-corrected chi connectivity index (χ0v) is 30.9. The lowest BCUT2D eigenvalue weighted by Crippen LogP contribution is -2.61. The van der Waals surface area contributed by atoms with Crippen molar-refractivity contribution in [3.8, 4) is 0 Å². The molecule has 4 rings (SSSR count). The van der Waals surface area contributed by atoms with Gasteiger partial charge in [0.25, 0.3) is 5.91 Å². The predicted molar refractivity (Wildman–Crippen MR) is 191 cm³/mol. The molecule has 1 unspecified atom stereocenters. The number of piperidine rings is 1. The summed E-state index contributed by atoms with van der Waals surface area (Å²) in [6, 6.07) is 4.60. The van der Waals surface area contributed by atoms with E-state index in [0.29, 0.717) is 25.8 Å². The van der Waals surface area contributed by atoms with Crippen LogP contribution in [-0.2, 0) is 36.8 Å². The Morgan fingerprint density at radius 3 is 2.10 bits per heavy atom. The van der Waals surface area contributed by atoms with E-state index in [0.717, 1.165) is 11.1 Å². The number of amides is 6. The highest BCUT2D eigenvalue weighted by Crippen LogP contribution is 2.65. The minimum atomic E-state index is -1.16. The molecule has 1 saturated carbocycles. The molecule has 1 aliphatic heterocycles. The first kappa shape index (κ1) is 38.6. The molecule has 274 valence electrons. The molecule has 5 N–H and O–H groups in total. The van der Waals surface area contributed by atoms with Crippen molar-refractivity contribution in [2.24, 2.45) is 23.2 Å². The summed E-state index contributed by atoms with van der Waals surface area (Å²) in [7, 11) is 0. The first-order valence-corrected chi connectivity index (χ1v) is 17.7. The van der Waals surface area contributed by atoms with E-state index in [1.165, 1.54) is 0 Å². The predicted octanol–water partition coefficient (Wildman–Crippen LogP) is 2.79. The van der Waals surface area contributed by atoms with Crippen molar-refractivity contribution in [3.63, 3.8) is 0 Å². The second-order valence-corrected chi connectivity index (χ2v) is 16.7. The Kier molecular flexibility index (Phi) is 11.5. The van der Waals surface area contributed by atoms with Gasteiger partial charge in [0, 0.05) is 30.6 Å². The molecule has 3 aliphatic rings. The molecule has 1 aromatic rings. The number of urea groups is 1. The van der Waals surface area contributed by atoms with Crippen molar-refractivity contribution in [1.29, 1.82) is 0 Å². The summed E-state index contributed by atoms with van der Waals surface area (Å²) >= 11 is 0. The summed E-state index contributed by atoms with van der Waals surface area (Å²) in [5.41, 5.74) is 1.09. The van der Waals surface area contributed by atoms with Gasteiger partial charge in [0.1, 0.15) is 12.1 Å². The van der Waals surface area contributed by atoms with Crippen LogP contribution in [0.25, 0.3) is 0 Å². The molecule has 0 radical (unpaired) electrons. The fraction of sp³-hybridized carbons (Fsp3) is 0.632. The first-order chi connectivity index (χ1) is 23.2. The largest absolute Gasteiger partial charge is 0.351 e. The summed E-state index contributed by atoms with van der Waals surface area (Å²) in [4.78, 5) is 82.0. The molecule has 50 heavy (non-hydrogen) atoms. The van der Waals surface area contributed by atoms with Crippen LogP contribution in [0.5, 0.6) is 0 Å². The maximum absolute atomic E-state index is 14.6. The average Bonchev–Trinajstić information content (AvgIpc) is 3.36. The van der Waals surface area contributed by atoms with Crippen molar-refractivity contribution < 1.29 is 28.8 Å². The minimum absolute atomic E-state index is 0.00762. The standard InChI is InChI=1S/C38H56N6O6/c1-10-11-16-26(31(46)33(48)39-18-17-27(45)42-36(2,3)4)40-32(47)30-28-25(38(28,8)9)21-44(30)34(49)29(41-35(50)43-37(5,6)7)24-19-22-14-12-13-15-23(22)20-24/h10,12-15,24-26,28-30H,1,11,16-21H2,2-9H3,(H,39,48)(H,40,47)(H,42,45)(H2,41,43,50)/t25-,26?,28-,29-,30-/m0/s1. The van der Waals surface area contributed by atoms with Crippen LogP contribution >= 0.6 is 0 Å². The molecule has 2 aliphatic carbocycles. The maximum Gasteiger partial charge on any atom is 0.315 e. The smallest absolute Gasteiger partial charge is 0.315 e. The number of allylic oxidation sites excluding steroid dienone is 1. The highest BCUT2D eigenvalue weighted by Gasteiger charge is 2.69. The van der Waals surface area contributed by atoms with Crippen molar-refractivity contribution in [3.05, 3.63) is 48.0 Å². The number of hydrogen-bond donors (Lipinski definition) is 5. The Balaban J connectivity index is 1.52. The van der Waals surface area contributed by atoms with Gasteiger partial charge in [-0.2, -0.15) is 0 Å². The maximum atomic E-state index is 14.6. The van der Waals surface area contributed by atoms with E-state index in [4.69, 9.17) is 0 Å². The zero-order chi connectivity index (χ0) is 37.2. The number of nitrogens with one attached hydrogen (secondary N) is 5. The number of ketones is 1. The number of rotatable bonds is 13. The summed E-state index contributed by atoms with van der Waals surface area (Å²) in [5, 5.41) is 14.0. The second kappa shape index (κ2) is 14.9. The van der Waals surface area contributed by atoms with E-state index in [1.807, 2.05) is 65.8 Å². The lowest BCUT2D eigenvalue weighted by Gasteiger charge is -2.35.